The zero-order chi connectivity index (χ0) is 43.4. The van der Waals surface area contributed by atoms with Gasteiger partial charge in [0.2, 0.25) is 5.52 Å². The second-order valence-corrected chi connectivity index (χ2v) is 19.8. The van der Waals surface area contributed by atoms with Crippen LogP contribution in [0.1, 0.15) is 51.5 Å². The van der Waals surface area contributed by atoms with Crippen molar-refractivity contribution in [3.63, 3.8) is 0 Å². The lowest BCUT2D eigenvalue weighted by Gasteiger charge is -2.28. The van der Waals surface area contributed by atoms with Gasteiger partial charge in [-0.3, -0.25) is 4.55 Å². The van der Waals surface area contributed by atoms with E-state index >= 15 is 0 Å². The second-order valence-electron chi connectivity index (χ2n) is 14.6. The number of thioether (sulfide) groups is 1. The summed E-state index contributed by atoms with van der Waals surface area (Å²) in [6.45, 7) is 11.0. The molecule has 0 unspecified atom stereocenters. The molecule has 14 heteroatoms. The molecular weight excluding hydrogens is 845 g/mol. The van der Waals surface area contributed by atoms with Crippen molar-refractivity contribution < 1.29 is 30.5 Å². The lowest BCUT2D eigenvalue weighted by atomic mass is 10.1. The number of hydrogen-bond donors (Lipinski definition) is 1. The van der Waals surface area contributed by atoms with Crippen LogP contribution in [0, 0.1) is 0 Å². The average Bonchev–Trinajstić information content (AvgIpc) is 3.93. The van der Waals surface area contributed by atoms with E-state index in [1.165, 1.54) is 19.6 Å². The van der Waals surface area contributed by atoms with Crippen molar-refractivity contribution in [1.29, 1.82) is 0 Å². The van der Waals surface area contributed by atoms with E-state index in [1.54, 1.807) is 23.1 Å². The number of para-hydroxylation sites is 4. The molecule has 322 valence electrons. The van der Waals surface area contributed by atoms with Crippen LogP contribution in [0.15, 0.2) is 154 Å². The van der Waals surface area contributed by atoms with Crippen LogP contribution >= 0.6 is 23.1 Å². The third-order valence-electron chi connectivity index (χ3n) is 10.6. The molecule has 0 saturated heterocycles. The van der Waals surface area contributed by atoms with Gasteiger partial charge in [0.25, 0.3) is 15.1 Å². The predicted molar refractivity (Wildman–Crippen MR) is 252 cm³/mol. The van der Waals surface area contributed by atoms with Gasteiger partial charge in [-0.05, 0) is 105 Å². The van der Waals surface area contributed by atoms with Crippen LogP contribution in [0.4, 0.5) is 17.1 Å². The van der Waals surface area contributed by atoms with Crippen molar-refractivity contribution in [3.05, 3.63) is 154 Å². The second kappa shape index (κ2) is 21.5. The number of allylic oxidation sites excluding steroid dienone is 5. The fraction of sp³-hybridized carbons (Fsp3) is 0.298. The quantitative estimate of drug-likeness (QED) is 0.0712. The third-order valence-corrected chi connectivity index (χ3v) is 14.4. The number of thiazole rings is 1. The Bertz CT molecular complexity index is 2560. The van der Waals surface area contributed by atoms with Gasteiger partial charge in [0.15, 0.2) is 6.54 Å². The Hall–Kier alpha value is -4.54. The number of fused-ring (bicyclic) bond motifs is 2. The predicted octanol–water partition coefficient (Wildman–Crippen LogP) is 10.0. The fourth-order valence-electron chi connectivity index (χ4n) is 7.52. The Morgan fingerprint density at radius 1 is 0.754 bits per heavy atom. The van der Waals surface area contributed by atoms with Crippen molar-refractivity contribution in [2.75, 3.05) is 47.5 Å². The number of rotatable bonds is 17. The van der Waals surface area contributed by atoms with E-state index in [4.69, 9.17) is 0 Å². The highest BCUT2D eigenvalue weighted by atomic mass is 32.2. The number of hydrogen-bond acceptors (Lipinski definition) is 10. The first-order chi connectivity index (χ1) is 29.4. The van der Waals surface area contributed by atoms with E-state index < -0.39 is 26.0 Å². The maximum absolute atomic E-state index is 11.5. The first-order valence-electron chi connectivity index (χ1n) is 20.7. The average molecular weight is 899 g/mol. The van der Waals surface area contributed by atoms with E-state index in [2.05, 4.69) is 94.7 Å². The summed E-state index contributed by atoms with van der Waals surface area (Å²) in [5, 5.41) is 1.93. The molecule has 2 heterocycles. The van der Waals surface area contributed by atoms with Crippen LogP contribution in [0.2, 0.25) is 0 Å². The summed E-state index contributed by atoms with van der Waals surface area (Å²) in [6, 6.07) is 36.6. The number of nitrogens with zero attached hydrogens (tertiary/aromatic N) is 4. The van der Waals surface area contributed by atoms with E-state index in [0.29, 0.717) is 13.1 Å². The molecule has 5 aromatic rings. The van der Waals surface area contributed by atoms with Crippen LogP contribution in [0.5, 0.6) is 0 Å². The maximum atomic E-state index is 11.5. The lowest BCUT2D eigenvalue weighted by Crippen LogP contribution is -2.36. The molecule has 0 amide bonds. The Labute approximate surface area is 369 Å². The first kappa shape index (κ1) is 46.0. The van der Waals surface area contributed by atoms with E-state index in [1.807, 2.05) is 78.9 Å². The van der Waals surface area contributed by atoms with Crippen LogP contribution < -0.4 is 14.4 Å². The van der Waals surface area contributed by atoms with Crippen molar-refractivity contribution in [2.45, 2.75) is 57.9 Å². The smallest absolute Gasteiger partial charge is 0.264 e. The summed E-state index contributed by atoms with van der Waals surface area (Å²) in [7, 11) is -8.41. The van der Waals surface area contributed by atoms with Gasteiger partial charge in [0, 0.05) is 47.1 Å². The summed E-state index contributed by atoms with van der Waals surface area (Å²) < 4.78 is 70.0. The summed E-state index contributed by atoms with van der Waals surface area (Å²) >= 11 is 3.26. The van der Waals surface area contributed by atoms with Gasteiger partial charge >= 0.3 is 0 Å². The molecule has 10 nitrogen and oxygen atoms in total. The van der Waals surface area contributed by atoms with Gasteiger partial charge in [0.1, 0.15) is 4.70 Å². The van der Waals surface area contributed by atoms with Gasteiger partial charge in [-0.25, -0.2) is 8.42 Å². The zero-order valence-electron chi connectivity index (χ0n) is 34.9. The molecule has 0 bridgehead atoms. The van der Waals surface area contributed by atoms with Crippen LogP contribution in [0.25, 0.3) is 16.3 Å². The highest BCUT2D eigenvalue weighted by Gasteiger charge is 2.28. The fourth-order valence-corrected chi connectivity index (χ4v) is 10.7. The van der Waals surface area contributed by atoms with Gasteiger partial charge in [-0.15, -0.1) is 0 Å². The molecule has 4 aromatic carbocycles. The molecule has 1 aliphatic carbocycles. The van der Waals surface area contributed by atoms with Gasteiger partial charge in [-0.1, -0.05) is 111 Å². The summed E-state index contributed by atoms with van der Waals surface area (Å²) in [5.74, 6) is -0.731. The van der Waals surface area contributed by atoms with Crippen molar-refractivity contribution in [1.82, 2.24) is 4.90 Å². The maximum Gasteiger partial charge on any atom is 0.264 e. The van der Waals surface area contributed by atoms with E-state index in [-0.39, 0.29) is 18.6 Å². The zero-order valence-corrected chi connectivity index (χ0v) is 38.2. The van der Waals surface area contributed by atoms with Crippen molar-refractivity contribution >= 4 is 76.7 Å². The topological polar surface area (TPSA) is 125 Å². The minimum absolute atomic E-state index is 0.220. The molecule has 2 aliphatic rings. The third kappa shape index (κ3) is 12.5. The molecule has 1 N–H and O–H groups in total. The van der Waals surface area contributed by atoms with Crippen molar-refractivity contribution in [3.8, 4) is 0 Å². The van der Waals surface area contributed by atoms with Crippen LogP contribution in [-0.2, 0) is 26.8 Å². The summed E-state index contributed by atoms with van der Waals surface area (Å²) in [5.41, 5.74) is 7.34. The van der Waals surface area contributed by atoms with Gasteiger partial charge < -0.3 is 19.3 Å². The standard InChI is InChI=1S/C41H39N3O6S4.C6H15N/c45-53(46,47)29-11-27-42-35-17-7-9-19-37(35)51-39(42)25-23-31-21-22-32(41(31)44(33-13-3-1-4-14-33)34-15-5-2-6-16-34)24-26-40-43(28-12-30-54(48,49)50)36-18-8-10-20-38(36)52-40;1-4-7(5-2)6-3/h1-10,13-20,23-26H,11-12,21-22,27-30H2,(H-,45,46,47,48,49,50);4-6H2,1-3H3. The number of benzene rings is 4. The molecule has 1 aliphatic heterocycles. The van der Waals surface area contributed by atoms with Crippen LogP contribution in [-0.4, -0.2) is 68.5 Å². The summed E-state index contributed by atoms with van der Waals surface area (Å²) in [4.78, 5) is 7.86. The number of anilines is 3. The number of aryl methyl sites for hydroxylation is 1. The molecule has 0 spiro atoms. The van der Waals surface area contributed by atoms with Crippen LogP contribution in [0.3, 0.4) is 0 Å². The van der Waals surface area contributed by atoms with E-state index in [0.717, 1.165) is 71.9 Å². The summed E-state index contributed by atoms with van der Waals surface area (Å²) in [6.07, 6.45) is 10.6. The minimum atomic E-state index is -4.33. The van der Waals surface area contributed by atoms with Gasteiger partial charge in [-0.2, -0.15) is 13.0 Å². The molecule has 0 fully saturated rings. The molecule has 1 aromatic heterocycles. The molecule has 0 radical (unpaired) electrons. The highest BCUT2D eigenvalue weighted by molar-refractivity contribution is 8.03. The first-order valence-corrected chi connectivity index (χ1v) is 25.5. The Kier molecular flexibility index (Phi) is 16.2. The molecule has 7 rings (SSSR count). The molecule has 61 heavy (non-hydrogen) atoms. The molecule has 0 saturated carbocycles. The largest absolute Gasteiger partial charge is 0.748 e. The number of aromatic nitrogens is 1. The Morgan fingerprint density at radius 3 is 2.00 bits per heavy atom. The normalized spacial score (nSPS) is 15.7. The monoisotopic (exact) mass is 898 g/mol. The Balaban J connectivity index is 0.000000819. The molecular formula is C47H54N4O6S4. The van der Waals surface area contributed by atoms with Crippen molar-refractivity contribution in [2.24, 2.45) is 0 Å². The SMILES string of the molecule is CCN(CC)CC.O=S(=O)([O-])CCC[n+]1c(/C=C/C2=C(N(c3ccccc3)c3ccccc3)C(=C/C=C3\Sc4ccccc4N3CCCS(=O)(=O)O)CC2)sc2ccccc21. The Morgan fingerprint density at radius 2 is 1.38 bits per heavy atom. The lowest BCUT2D eigenvalue weighted by molar-refractivity contribution is -0.668. The van der Waals surface area contributed by atoms with E-state index in [9.17, 15) is 25.9 Å². The van der Waals surface area contributed by atoms with Gasteiger partial charge in [0.05, 0.1) is 32.3 Å². The highest BCUT2D eigenvalue weighted by Crippen LogP contribution is 2.47. The minimum Gasteiger partial charge on any atom is -0.748 e. The molecule has 0 atom stereocenters.